The molecule has 10 aliphatic rings. The first-order valence-electron chi connectivity index (χ1n) is 32.6. The number of carbonyl (C=O) groups is 6. The lowest BCUT2D eigenvalue weighted by Crippen LogP contribution is -2.39. The average Bonchev–Trinajstić information content (AvgIpc) is 1.64. The number of thiocarbonyl (C=S) groups is 2. The van der Waals surface area contributed by atoms with Gasteiger partial charge in [0, 0.05) is 205 Å². The normalized spacial score (nSPS) is 20.0. The van der Waals surface area contributed by atoms with Crippen LogP contribution in [0.1, 0.15) is 159 Å². The number of fused-ring (bicyclic) bond motifs is 2. The summed E-state index contributed by atoms with van der Waals surface area (Å²) in [5, 5.41) is 0. The van der Waals surface area contributed by atoms with Gasteiger partial charge in [0.2, 0.25) is 12.8 Å². The average molecular weight is 1560 g/mol. The van der Waals surface area contributed by atoms with E-state index in [-0.39, 0.29) is 0 Å². The van der Waals surface area contributed by atoms with E-state index in [9.17, 15) is 28.8 Å². The number of rotatable bonds is 23. The Labute approximate surface area is 617 Å². The second kappa shape index (κ2) is 46.0. The third-order valence-corrected chi connectivity index (χ3v) is 32.4. The maximum Gasteiger partial charge on any atom is 0.272 e. The molecule has 2 aliphatic carbocycles. The van der Waals surface area contributed by atoms with Crippen molar-refractivity contribution in [1.82, 2.24) is 52.9 Å². The van der Waals surface area contributed by atoms with Crippen LogP contribution in [0.5, 0.6) is 0 Å². The molecule has 0 aromatic heterocycles. The Hall–Kier alpha value is -0.680. The number of ether oxygens (including phenoxy) is 2. The Morgan fingerprint density at radius 1 is 0.415 bits per heavy atom. The van der Waals surface area contributed by atoms with Crippen LogP contribution in [0.3, 0.4) is 0 Å². The molecule has 0 bridgehead atoms. The van der Waals surface area contributed by atoms with Crippen molar-refractivity contribution in [3.8, 4) is 0 Å². The van der Waals surface area contributed by atoms with Crippen LogP contribution in [-0.2, 0) is 19.1 Å². The molecular weight excluding hydrogens is 1470 g/mol. The molecule has 524 valence electrons. The molecule has 8 aliphatic heterocycles. The molecule has 2 saturated carbocycles. The quantitative estimate of drug-likeness (QED) is 0.0258. The predicted octanol–water partition coefficient (Wildman–Crippen LogP) is 14.3. The van der Waals surface area contributed by atoms with Crippen molar-refractivity contribution in [2.24, 2.45) is 0 Å². The van der Waals surface area contributed by atoms with Gasteiger partial charge in [0.1, 0.15) is 8.64 Å². The summed E-state index contributed by atoms with van der Waals surface area (Å²) in [5.74, 6) is -1.82. The fraction of sp³-hybridized carbons (Fsp3) is 0.667. The van der Waals surface area contributed by atoms with E-state index < -0.39 is 23.6 Å². The highest BCUT2D eigenvalue weighted by Crippen LogP contribution is 2.42. The highest BCUT2D eigenvalue weighted by atomic mass is 33.1. The number of carbonyl (C=O) groups excluding carboxylic acids is 6. The van der Waals surface area contributed by atoms with E-state index in [0.717, 1.165) is 157 Å². The zero-order valence-electron chi connectivity index (χ0n) is 54.3. The van der Waals surface area contributed by atoms with E-state index >= 15 is 0 Å². The Balaban J connectivity index is 0.000000165. The van der Waals surface area contributed by atoms with Gasteiger partial charge in [0.25, 0.3) is 23.6 Å². The number of amides is 6. The summed E-state index contributed by atoms with van der Waals surface area (Å²) < 4.78 is 32.3. The molecule has 6 amide bonds. The lowest BCUT2D eigenvalue weighted by Gasteiger charge is -2.33. The number of morpholine rings is 2. The standard InChI is InChI=1S/C16H8N2O4S2.C14H24N2O2S2.C10H16N2O2S4.C8H16N2S2.C8H20N2S2.C4H8N2S2/c19-13-9-5-1-2-6-10(9)14(20)17(13)23-24-18-15(21)11-7-3-4-8-12(11)16(18)22;17-11-15(13-7-3-1-4-8-13)19-20-16(12-18)14-9-5-2-6-10-14;15-9(11-1-5-13-6-2-11)17-18-10(16)12-3-7-14-8-4-12;1-2-6-9(5-1)11-12-10-7-3-4-8-10;1-5-9(6-2)11-12-10(7-3)8-4;1-2-5(1)7-8-6-3-4-6/h1-8H;11-14H,1-10H2;1-8H2;1-8H2;5-8H2,1-4H3;1-4H2. The number of nitrogens with zero attached hydrogens (tertiary/aromatic N) is 12. The minimum absolute atomic E-state index is 0.318. The van der Waals surface area contributed by atoms with Gasteiger partial charge in [0.15, 0.2) is 0 Å². The van der Waals surface area contributed by atoms with Gasteiger partial charge in [-0.2, -0.15) is 0 Å². The van der Waals surface area contributed by atoms with Crippen LogP contribution >= 0.6 is 156 Å². The Kier molecular flexibility index (Phi) is 39.5. The fourth-order valence-electron chi connectivity index (χ4n) is 9.98. The lowest BCUT2D eigenvalue weighted by molar-refractivity contribution is -0.116. The Bertz CT molecular complexity index is 2400. The second-order valence-electron chi connectivity index (χ2n) is 22.4. The van der Waals surface area contributed by atoms with Crippen LogP contribution in [0.4, 0.5) is 0 Å². The van der Waals surface area contributed by atoms with Crippen molar-refractivity contribution >= 4 is 201 Å². The monoisotopic (exact) mass is 1560 g/mol. The zero-order valence-corrected chi connectivity index (χ0v) is 65.7. The highest BCUT2D eigenvalue weighted by molar-refractivity contribution is 8.89. The summed E-state index contributed by atoms with van der Waals surface area (Å²) in [6.45, 7) is 30.2. The summed E-state index contributed by atoms with van der Waals surface area (Å²) in [6, 6.07) is 13.7. The second-order valence-corrected chi connectivity index (χ2v) is 36.4. The predicted molar refractivity (Wildman–Crippen MR) is 415 cm³/mol. The minimum Gasteiger partial charge on any atom is -0.378 e. The van der Waals surface area contributed by atoms with Gasteiger partial charge in [-0.05, 0) is 97.2 Å². The highest BCUT2D eigenvalue weighted by Gasteiger charge is 2.41. The molecule has 0 atom stereocenters. The summed E-state index contributed by atoms with van der Waals surface area (Å²) in [6.07, 6.45) is 19.2. The van der Waals surface area contributed by atoms with Gasteiger partial charge in [-0.3, -0.25) is 37.4 Å². The zero-order chi connectivity index (χ0) is 66.9. The van der Waals surface area contributed by atoms with Gasteiger partial charge in [-0.1, -0.05) is 115 Å². The molecule has 0 N–H and O–H groups in total. The summed E-state index contributed by atoms with van der Waals surface area (Å²) in [4.78, 5) is 76.0. The van der Waals surface area contributed by atoms with Gasteiger partial charge < -0.3 is 19.3 Å². The van der Waals surface area contributed by atoms with Gasteiger partial charge in [-0.15, -0.1) is 0 Å². The maximum absolute atomic E-state index is 12.3. The molecule has 12 rings (SSSR count). The first-order chi connectivity index (χ1) is 45.9. The minimum atomic E-state index is -0.454. The lowest BCUT2D eigenvalue weighted by atomic mass is 9.96. The fourth-order valence-corrected chi connectivity index (χ4v) is 24.1. The largest absolute Gasteiger partial charge is 0.378 e. The summed E-state index contributed by atoms with van der Waals surface area (Å²) >= 11 is 10.8. The van der Waals surface area contributed by atoms with E-state index in [0.29, 0.717) is 34.3 Å². The smallest absolute Gasteiger partial charge is 0.272 e. The van der Waals surface area contributed by atoms with Crippen LogP contribution < -0.4 is 0 Å². The van der Waals surface area contributed by atoms with E-state index in [1.165, 1.54) is 139 Å². The van der Waals surface area contributed by atoms with E-state index in [4.69, 9.17) is 33.9 Å². The molecule has 0 unspecified atom stereocenters. The van der Waals surface area contributed by atoms with Crippen molar-refractivity contribution in [2.45, 2.75) is 130 Å². The van der Waals surface area contributed by atoms with Crippen molar-refractivity contribution in [3.05, 3.63) is 70.8 Å². The van der Waals surface area contributed by atoms with Crippen LogP contribution in [-0.4, -0.2) is 241 Å². The number of hydrogen-bond acceptors (Lipinski definition) is 28. The van der Waals surface area contributed by atoms with Gasteiger partial charge >= 0.3 is 0 Å². The number of hydrogen-bond donors (Lipinski definition) is 0. The Morgan fingerprint density at radius 3 is 0.968 bits per heavy atom. The first-order valence-corrected chi connectivity index (χ1v) is 45.9. The van der Waals surface area contributed by atoms with Crippen molar-refractivity contribution in [1.29, 1.82) is 0 Å². The van der Waals surface area contributed by atoms with Crippen LogP contribution in [0, 0.1) is 0 Å². The van der Waals surface area contributed by atoms with Crippen molar-refractivity contribution in [2.75, 3.05) is 131 Å². The van der Waals surface area contributed by atoms with E-state index in [1.807, 2.05) is 74.5 Å². The third kappa shape index (κ3) is 27.9. The van der Waals surface area contributed by atoms with E-state index in [1.54, 1.807) is 70.1 Å². The van der Waals surface area contributed by atoms with Crippen LogP contribution in [0.15, 0.2) is 48.5 Å². The molecule has 6 saturated heterocycles. The van der Waals surface area contributed by atoms with Gasteiger partial charge in [-0.25, -0.2) is 34.4 Å². The number of imide groups is 2. The molecule has 8 fully saturated rings. The molecule has 2 aromatic rings. The van der Waals surface area contributed by atoms with Crippen molar-refractivity contribution < 1.29 is 38.2 Å². The molecule has 2 aromatic carbocycles. The number of benzene rings is 2. The SMILES string of the molecule is C1CCN(SSN2CCCC2)C1.C1CN1SSN1CC1.CCN(CC)SSN(CC)CC.O=C1c2ccccc2C(=O)N1SSN1C(=O)c2ccccc2C1=O.O=CN(SSN(C=O)C1CCCCC1)C1CCCCC1.S=C(SSC(=S)N1CCOCC1)N1CCOCC1. The van der Waals surface area contributed by atoms with Crippen LogP contribution in [0.25, 0.3) is 0 Å². The summed E-state index contributed by atoms with van der Waals surface area (Å²) in [7, 11) is 19.0. The van der Waals surface area contributed by atoms with Crippen LogP contribution in [0.2, 0.25) is 0 Å². The summed E-state index contributed by atoms with van der Waals surface area (Å²) in [5.41, 5.74) is 1.27. The molecule has 0 spiro atoms. The van der Waals surface area contributed by atoms with Gasteiger partial charge in [0.05, 0.1) is 70.6 Å². The van der Waals surface area contributed by atoms with Crippen molar-refractivity contribution in [3.63, 3.8) is 0 Å². The molecule has 20 nitrogen and oxygen atoms in total. The molecule has 8 heterocycles. The molecular formula is C60H92N12O8S14. The molecule has 94 heavy (non-hydrogen) atoms. The topological polar surface area (TPSA) is 159 Å². The maximum atomic E-state index is 12.3. The first kappa shape index (κ1) is 80.6. The molecule has 34 heteroatoms. The Morgan fingerprint density at radius 2 is 0.702 bits per heavy atom. The van der Waals surface area contributed by atoms with E-state index in [2.05, 4.69) is 63.3 Å². The molecule has 0 radical (unpaired) electrons. The third-order valence-electron chi connectivity index (χ3n) is 15.8.